The van der Waals surface area contributed by atoms with Crippen LogP contribution in [0.3, 0.4) is 0 Å². The molecule has 3 heteroatoms. The second-order valence-electron chi connectivity index (χ2n) is 6.73. The van der Waals surface area contributed by atoms with Crippen molar-refractivity contribution in [1.29, 1.82) is 0 Å². The minimum Gasteiger partial charge on any atom is -0.489 e. The van der Waals surface area contributed by atoms with Gasteiger partial charge in [0.2, 0.25) is 0 Å². The van der Waals surface area contributed by atoms with Gasteiger partial charge >= 0.3 is 0 Å². The number of rotatable bonds is 7. The van der Waals surface area contributed by atoms with E-state index >= 15 is 0 Å². The van der Waals surface area contributed by atoms with Crippen molar-refractivity contribution in [3.8, 4) is 16.9 Å². The maximum atomic E-state index is 12.0. The lowest BCUT2D eigenvalue weighted by Crippen LogP contribution is -2.04. The Morgan fingerprint density at radius 1 is 1.00 bits per heavy atom. The van der Waals surface area contributed by atoms with Gasteiger partial charge in [0.05, 0.1) is 0 Å². The smallest absolute Gasteiger partial charge is 0.162 e. The molecule has 0 unspecified atom stereocenters. The number of hydrogen-bond acceptors (Lipinski definition) is 3. The van der Waals surface area contributed by atoms with E-state index in [1.54, 1.807) is 0 Å². The number of pyridine rings is 1. The molecule has 0 bridgehead atoms. The number of ketones is 1. The molecular formula is C24H25NO2. The summed E-state index contributed by atoms with van der Waals surface area (Å²) < 4.78 is 6.02. The van der Waals surface area contributed by atoms with Gasteiger partial charge in [-0.2, -0.15) is 0 Å². The van der Waals surface area contributed by atoms with E-state index in [4.69, 9.17) is 4.74 Å². The molecule has 1 aromatic heterocycles. The molecule has 0 aliphatic carbocycles. The summed E-state index contributed by atoms with van der Waals surface area (Å²) in [5, 5.41) is 0. The standard InChI is InChI=1S/C24H25NO2/c1-4-8-24(26)20-11-13-21(14-12-20)27-16-23-18(3)25-17(2)15-22(23)19-9-6-5-7-10-19/h5-7,9-15H,4,8,16H2,1-3H3. The molecule has 2 aromatic carbocycles. The molecule has 0 radical (unpaired) electrons. The zero-order chi connectivity index (χ0) is 19.2. The molecule has 3 nitrogen and oxygen atoms in total. The number of ether oxygens (including phenoxy) is 1. The zero-order valence-corrected chi connectivity index (χ0v) is 16.2. The van der Waals surface area contributed by atoms with E-state index in [2.05, 4.69) is 23.2 Å². The molecule has 0 fully saturated rings. The SMILES string of the molecule is CCCC(=O)c1ccc(OCc2c(-c3ccccc3)cc(C)nc2C)cc1. The largest absolute Gasteiger partial charge is 0.489 e. The van der Waals surface area contributed by atoms with Crippen molar-refractivity contribution in [2.24, 2.45) is 0 Å². The molecule has 0 aliphatic heterocycles. The van der Waals surface area contributed by atoms with Gasteiger partial charge in [-0.05, 0) is 61.7 Å². The van der Waals surface area contributed by atoms with Crippen LogP contribution in [0.2, 0.25) is 0 Å². The van der Waals surface area contributed by atoms with Gasteiger partial charge in [-0.3, -0.25) is 9.78 Å². The van der Waals surface area contributed by atoms with Gasteiger partial charge in [-0.1, -0.05) is 37.3 Å². The average Bonchev–Trinajstić information content (AvgIpc) is 2.68. The first-order valence-electron chi connectivity index (χ1n) is 9.37. The quantitative estimate of drug-likeness (QED) is 0.491. The molecule has 138 valence electrons. The van der Waals surface area contributed by atoms with Gasteiger partial charge in [0.15, 0.2) is 5.78 Å². The maximum Gasteiger partial charge on any atom is 0.162 e. The summed E-state index contributed by atoms with van der Waals surface area (Å²) in [6.07, 6.45) is 1.44. The summed E-state index contributed by atoms with van der Waals surface area (Å²) in [5.74, 6) is 0.927. The van der Waals surface area contributed by atoms with Gasteiger partial charge in [0.1, 0.15) is 12.4 Å². The summed E-state index contributed by atoms with van der Waals surface area (Å²) >= 11 is 0. The Labute approximate surface area is 161 Å². The van der Waals surface area contributed by atoms with Gasteiger partial charge < -0.3 is 4.74 Å². The number of carbonyl (C=O) groups is 1. The van der Waals surface area contributed by atoms with Crippen LogP contribution in [0.15, 0.2) is 60.7 Å². The van der Waals surface area contributed by atoms with E-state index < -0.39 is 0 Å². The third kappa shape index (κ3) is 4.62. The lowest BCUT2D eigenvalue weighted by atomic mass is 9.99. The Morgan fingerprint density at radius 2 is 1.70 bits per heavy atom. The summed E-state index contributed by atoms with van der Waals surface area (Å²) in [7, 11) is 0. The van der Waals surface area contributed by atoms with Crippen LogP contribution in [0.5, 0.6) is 5.75 Å². The molecule has 0 N–H and O–H groups in total. The van der Waals surface area contributed by atoms with Crippen LogP contribution in [0.4, 0.5) is 0 Å². The fourth-order valence-corrected chi connectivity index (χ4v) is 3.18. The highest BCUT2D eigenvalue weighted by Gasteiger charge is 2.12. The fraction of sp³-hybridized carbons (Fsp3) is 0.250. The van der Waals surface area contributed by atoms with E-state index in [1.807, 2.05) is 63.2 Å². The van der Waals surface area contributed by atoms with Crippen molar-refractivity contribution in [2.45, 2.75) is 40.2 Å². The van der Waals surface area contributed by atoms with Crippen molar-refractivity contribution < 1.29 is 9.53 Å². The highest BCUT2D eigenvalue weighted by atomic mass is 16.5. The summed E-state index contributed by atoms with van der Waals surface area (Å²) in [6, 6.07) is 19.8. The molecule has 0 atom stereocenters. The number of nitrogens with zero attached hydrogens (tertiary/aromatic N) is 1. The Bertz CT molecular complexity index is 915. The Morgan fingerprint density at radius 3 is 2.37 bits per heavy atom. The number of Topliss-reactive ketones (excluding diaryl/α,β-unsaturated/α-hetero) is 1. The van der Waals surface area contributed by atoms with Crippen LogP contribution in [0.1, 0.15) is 47.1 Å². The highest BCUT2D eigenvalue weighted by molar-refractivity contribution is 5.96. The maximum absolute atomic E-state index is 12.0. The number of carbonyl (C=O) groups excluding carboxylic acids is 1. The minimum atomic E-state index is 0.175. The first-order chi connectivity index (χ1) is 13.1. The second-order valence-corrected chi connectivity index (χ2v) is 6.73. The Hall–Kier alpha value is -2.94. The summed E-state index contributed by atoms with van der Waals surface area (Å²) in [4.78, 5) is 16.6. The van der Waals surface area contributed by atoms with Crippen molar-refractivity contribution in [2.75, 3.05) is 0 Å². The van der Waals surface area contributed by atoms with Crippen molar-refractivity contribution in [3.05, 3.63) is 83.2 Å². The third-order valence-corrected chi connectivity index (χ3v) is 4.58. The van der Waals surface area contributed by atoms with Gasteiger partial charge in [0, 0.05) is 28.9 Å². The first kappa shape index (κ1) is 18.8. The van der Waals surface area contributed by atoms with E-state index in [0.717, 1.165) is 45.8 Å². The van der Waals surface area contributed by atoms with E-state index in [-0.39, 0.29) is 5.78 Å². The molecule has 1 heterocycles. The summed E-state index contributed by atoms with van der Waals surface area (Å²) in [6.45, 7) is 6.48. The lowest BCUT2D eigenvalue weighted by Gasteiger charge is -2.15. The topological polar surface area (TPSA) is 39.2 Å². The summed E-state index contributed by atoms with van der Waals surface area (Å²) in [5.41, 5.74) is 6.10. The van der Waals surface area contributed by atoms with E-state index in [9.17, 15) is 4.79 Å². The number of aromatic nitrogens is 1. The van der Waals surface area contributed by atoms with E-state index in [1.165, 1.54) is 0 Å². The lowest BCUT2D eigenvalue weighted by molar-refractivity contribution is 0.0981. The molecule has 0 amide bonds. The molecule has 0 spiro atoms. The van der Waals surface area contributed by atoms with Crippen molar-refractivity contribution in [3.63, 3.8) is 0 Å². The highest BCUT2D eigenvalue weighted by Crippen LogP contribution is 2.27. The van der Waals surface area contributed by atoms with Crippen molar-refractivity contribution in [1.82, 2.24) is 4.98 Å². The first-order valence-corrected chi connectivity index (χ1v) is 9.37. The Kier molecular flexibility index (Phi) is 6.02. The number of benzene rings is 2. The predicted octanol–water partition coefficient (Wildman–Crippen LogP) is 5.93. The third-order valence-electron chi connectivity index (χ3n) is 4.58. The monoisotopic (exact) mass is 359 g/mol. The molecule has 27 heavy (non-hydrogen) atoms. The molecule has 0 saturated heterocycles. The predicted molar refractivity (Wildman–Crippen MR) is 109 cm³/mol. The second kappa shape index (κ2) is 8.63. The van der Waals surface area contributed by atoms with Gasteiger partial charge in [0.25, 0.3) is 0 Å². The van der Waals surface area contributed by atoms with Crippen LogP contribution in [-0.4, -0.2) is 10.8 Å². The van der Waals surface area contributed by atoms with Gasteiger partial charge in [-0.15, -0.1) is 0 Å². The Balaban J connectivity index is 1.81. The number of hydrogen-bond donors (Lipinski definition) is 0. The van der Waals surface area contributed by atoms with Crippen LogP contribution in [0, 0.1) is 13.8 Å². The molecule has 0 saturated carbocycles. The minimum absolute atomic E-state index is 0.175. The normalized spacial score (nSPS) is 10.6. The van der Waals surface area contributed by atoms with Crippen LogP contribution < -0.4 is 4.74 Å². The zero-order valence-electron chi connectivity index (χ0n) is 16.2. The molecular weight excluding hydrogens is 334 g/mol. The van der Waals surface area contributed by atoms with Crippen LogP contribution in [-0.2, 0) is 6.61 Å². The molecule has 0 aliphatic rings. The fourth-order valence-electron chi connectivity index (χ4n) is 3.18. The average molecular weight is 359 g/mol. The molecule has 3 aromatic rings. The number of aryl methyl sites for hydroxylation is 2. The molecule has 3 rings (SSSR count). The van der Waals surface area contributed by atoms with Crippen molar-refractivity contribution >= 4 is 5.78 Å². The van der Waals surface area contributed by atoms with Crippen LogP contribution in [0.25, 0.3) is 11.1 Å². The van der Waals surface area contributed by atoms with Gasteiger partial charge in [-0.25, -0.2) is 0 Å². The van der Waals surface area contributed by atoms with Crippen LogP contribution >= 0.6 is 0 Å². The van der Waals surface area contributed by atoms with E-state index in [0.29, 0.717) is 13.0 Å².